The van der Waals surface area contributed by atoms with Crippen molar-refractivity contribution >= 4 is 5.69 Å². The van der Waals surface area contributed by atoms with Crippen LogP contribution in [0.5, 0.6) is 0 Å². The van der Waals surface area contributed by atoms with Crippen LogP contribution >= 0.6 is 0 Å². The summed E-state index contributed by atoms with van der Waals surface area (Å²) in [4.78, 5) is 15.6. The van der Waals surface area contributed by atoms with Crippen LogP contribution in [0.2, 0.25) is 0 Å². The van der Waals surface area contributed by atoms with Gasteiger partial charge in [0.2, 0.25) is 0 Å². The van der Waals surface area contributed by atoms with Gasteiger partial charge in [-0.15, -0.1) is 0 Å². The van der Waals surface area contributed by atoms with E-state index in [1.54, 1.807) is 12.5 Å². The Kier molecular flexibility index (Phi) is 3.41. The largest absolute Gasteiger partial charge is 0.379 e. The second-order valence-electron chi connectivity index (χ2n) is 4.49. The topological polar surface area (TPSA) is 66.5 Å². The van der Waals surface area contributed by atoms with Crippen LogP contribution < -0.4 is 5.32 Å². The highest BCUT2D eigenvalue weighted by Crippen LogP contribution is 2.18. The molecule has 0 saturated carbocycles. The third kappa shape index (κ3) is 2.83. The van der Waals surface area contributed by atoms with Gasteiger partial charge in [-0.2, -0.15) is 0 Å². The van der Waals surface area contributed by atoms with Gasteiger partial charge in [0, 0.05) is 11.9 Å². The van der Waals surface area contributed by atoms with Crippen LogP contribution in [0.4, 0.5) is 5.69 Å². The highest BCUT2D eigenvalue weighted by molar-refractivity contribution is 5.61. The Morgan fingerprint density at radius 3 is 2.70 bits per heavy atom. The fourth-order valence-corrected chi connectivity index (χ4v) is 1.98. The van der Waals surface area contributed by atoms with E-state index in [2.05, 4.69) is 37.4 Å². The number of hydrogen-bond acceptors (Lipinski definition) is 4. The molecule has 20 heavy (non-hydrogen) atoms. The van der Waals surface area contributed by atoms with Crippen LogP contribution in [0.15, 0.2) is 49.1 Å². The fraction of sp³-hybridized carbons (Fsp3) is 0.133. The summed E-state index contributed by atoms with van der Waals surface area (Å²) in [6.45, 7) is 2.58. The van der Waals surface area contributed by atoms with Gasteiger partial charge >= 0.3 is 0 Å². The minimum atomic E-state index is 0.687. The van der Waals surface area contributed by atoms with Crippen LogP contribution in [-0.2, 0) is 6.54 Å². The Hall–Kier alpha value is -2.69. The lowest BCUT2D eigenvalue weighted by atomic mass is 10.1. The normalized spacial score (nSPS) is 10.4. The molecule has 1 aromatic carbocycles. The van der Waals surface area contributed by atoms with E-state index in [4.69, 9.17) is 0 Å². The average molecular weight is 265 g/mol. The Morgan fingerprint density at radius 1 is 1.15 bits per heavy atom. The SMILES string of the molecule is Cc1nccc(CNc2ccc(-c3cnc[nH]3)cc2)n1. The number of imidazole rings is 1. The molecule has 0 spiro atoms. The summed E-state index contributed by atoms with van der Waals surface area (Å²) in [5, 5.41) is 3.34. The molecule has 0 bridgehead atoms. The zero-order valence-corrected chi connectivity index (χ0v) is 11.2. The van der Waals surface area contributed by atoms with Gasteiger partial charge < -0.3 is 10.3 Å². The van der Waals surface area contributed by atoms with Crippen molar-refractivity contribution in [2.45, 2.75) is 13.5 Å². The van der Waals surface area contributed by atoms with Crippen molar-refractivity contribution in [3.8, 4) is 11.3 Å². The lowest BCUT2D eigenvalue weighted by molar-refractivity contribution is 0.955. The third-order valence-electron chi connectivity index (χ3n) is 3.00. The van der Waals surface area contributed by atoms with Crippen molar-refractivity contribution in [2.24, 2.45) is 0 Å². The lowest BCUT2D eigenvalue weighted by Gasteiger charge is -2.07. The lowest BCUT2D eigenvalue weighted by Crippen LogP contribution is -2.03. The fourth-order valence-electron chi connectivity index (χ4n) is 1.98. The number of aromatic nitrogens is 4. The zero-order chi connectivity index (χ0) is 13.8. The number of rotatable bonds is 4. The first-order valence-electron chi connectivity index (χ1n) is 6.42. The van der Waals surface area contributed by atoms with Gasteiger partial charge in [0.15, 0.2) is 0 Å². The zero-order valence-electron chi connectivity index (χ0n) is 11.2. The summed E-state index contributed by atoms with van der Waals surface area (Å²) < 4.78 is 0. The molecule has 5 heteroatoms. The molecule has 2 aromatic heterocycles. The van der Waals surface area contributed by atoms with E-state index in [-0.39, 0.29) is 0 Å². The molecule has 0 fully saturated rings. The predicted molar refractivity (Wildman–Crippen MR) is 78.1 cm³/mol. The molecule has 0 radical (unpaired) electrons. The van der Waals surface area contributed by atoms with E-state index < -0.39 is 0 Å². The van der Waals surface area contributed by atoms with Crippen molar-refractivity contribution in [3.05, 3.63) is 60.6 Å². The highest BCUT2D eigenvalue weighted by atomic mass is 14.9. The van der Waals surface area contributed by atoms with Crippen LogP contribution in [0.3, 0.4) is 0 Å². The van der Waals surface area contributed by atoms with Gasteiger partial charge in [0.05, 0.1) is 30.5 Å². The van der Waals surface area contributed by atoms with Gasteiger partial charge in [-0.1, -0.05) is 12.1 Å². The molecule has 100 valence electrons. The quantitative estimate of drug-likeness (QED) is 0.761. The Bertz CT molecular complexity index is 674. The van der Waals surface area contributed by atoms with E-state index in [0.717, 1.165) is 28.5 Å². The van der Waals surface area contributed by atoms with E-state index >= 15 is 0 Å². The summed E-state index contributed by atoms with van der Waals surface area (Å²) in [5.74, 6) is 0.791. The molecule has 0 aliphatic rings. The maximum atomic E-state index is 4.36. The average Bonchev–Trinajstić information content (AvgIpc) is 3.00. The smallest absolute Gasteiger partial charge is 0.125 e. The van der Waals surface area contributed by atoms with Crippen molar-refractivity contribution in [2.75, 3.05) is 5.32 Å². The van der Waals surface area contributed by atoms with Gasteiger partial charge in [0.25, 0.3) is 0 Å². The maximum absolute atomic E-state index is 4.36. The molecule has 0 unspecified atom stereocenters. The van der Waals surface area contributed by atoms with Crippen LogP contribution in [-0.4, -0.2) is 19.9 Å². The third-order valence-corrected chi connectivity index (χ3v) is 3.00. The number of hydrogen-bond donors (Lipinski definition) is 2. The van der Waals surface area contributed by atoms with Gasteiger partial charge in [-0.05, 0) is 30.7 Å². The Balaban J connectivity index is 1.67. The molecular weight excluding hydrogens is 250 g/mol. The van der Waals surface area contributed by atoms with Crippen molar-refractivity contribution < 1.29 is 0 Å². The molecule has 0 amide bonds. The van der Waals surface area contributed by atoms with Crippen LogP contribution in [0, 0.1) is 6.92 Å². The maximum Gasteiger partial charge on any atom is 0.125 e. The first kappa shape index (κ1) is 12.3. The number of benzene rings is 1. The summed E-state index contributed by atoms with van der Waals surface area (Å²) in [6, 6.07) is 10.1. The molecule has 0 atom stereocenters. The highest BCUT2D eigenvalue weighted by Gasteiger charge is 2.00. The van der Waals surface area contributed by atoms with E-state index in [1.807, 2.05) is 31.3 Å². The first-order chi connectivity index (χ1) is 9.81. The van der Waals surface area contributed by atoms with Gasteiger partial charge in [0.1, 0.15) is 5.82 Å². The number of aromatic amines is 1. The van der Waals surface area contributed by atoms with Crippen LogP contribution in [0.1, 0.15) is 11.5 Å². The summed E-state index contributed by atoms with van der Waals surface area (Å²) in [7, 11) is 0. The van der Waals surface area contributed by atoms with Gasteiger partial charge in [-0.25, -0.2) is 15.0 Å². The second kappa shape index (κ2) is 5.52. The predicted octanol–water partition coefficient (Wildman–Crippen LogP) is 2.79. The first-order valence-corrected chi connectivity index (χ1v) is 6.42. The summed E-state index contributed by atoms with van der Waals surface area (Å²) in [5.41, 5.74) is 4.17. The molecule has 5 nitrogen and oxygen atoms in total. The van der Waals surface area contributed by atoms with Crippen molar-refractivity contribution in [1.82, 2.24) is 19.9 Å². The minimum absolute atomic E-state index is 0.687. The summed E-state index contributed by atoms with van der Waals surface area (Å²) >= 11 is 0. The number of nitrogens with zero attached hydrogens (tertiary/aromatic N) is 3. The molecule has 0 saturated heterocycles. The Labute approximate surface area is 117 Å². The monoisotopic (exact) mass is 265 g/mol. The Morgan fingerprint density at radius 2 is 2.00 bits per heavy atom. The molecule has 3 rings (SSSR count). The standard InChI is InChI=1S/C15H15N5/c1-11-17-7-6-14(20-11)8-18-13-4-2-12(3-5-13)15-9-16-10-19-15/h2-7,9-10,18H,8H2,1H3,(H,16,19). The molecule has 0 aliphatic heterocycles. The number of H-pyrrole nitrogens is 1. The molecule has 0 aliphatic carbocycles. The molecule has 2 heterocycles. The van der Waals surface area contributed by atoms with E-state index in [0.29, 0.717) is 6.54 Å². The summed E-state index contributed by atoms with van der Waals surface area (Å²) in [6.07, 6.45) is 5.27. The van der Waals surface area contributed by atoms with Crippen molar-refractivity contribution in [1.29, 1.82) is 0 Å². The van der Waals surface area contributed by atoms with E-state index in [9.17, 15) is 0 Å². The molecular formula is C15H15N5. The molecule has 3 aromatic rings. The second-order valence-corrected chi connectivity index (χ2v) is 4.49. The van der Waals surface area contributed by atoms with Crippen LogP contribution in [0.25, 0.3) is 11.3 Å². The number of nitrogens with one attached hydrogen (secondary N) is 2. The number of aryl methyl sites for hydroxylation is 1. The molecule has 2 N–H and O–H groups in total. The number of anilines is 1. The van der Waals surface area contributed by atoms with E-state index in [1.165, 1.54) is 0 Å². The van der Waals surface area contributed by atoms with Crippen molar-refractivity contribution in [3.63, 3.8) is 0 Å². The minimum Gasteiger partial charge on any atom is -0.379 e. The van der Waals surface area contributed by atoms with Gasteiger partial charge in [-0.3, -0.25) is 0 Å².